The molecule has 3 fully saturated rings. The highest BCUT2D eigenvalue weighted by atomic mass is 16.5. The second-order valence-electron chi connectivity index (χ2n) is 13.9. The molecule has 7 rings (SSSR count). The van der Waals surface area contributed by atoms with Gasteiger partial charge in [-0.05, 0) is 67.0 Å². The Kier molecular flexibility index (Phi) is 9.83. The quantitative estimate of drug-likeness (QED) is 0.186. The van der Waals surface area contributed by atoms with Crippen LogP contribution in [0.4, 0.5) is 5.69 Å². The van der Waals surface area contributed by atoms with Crippen molar-refractivity contribution in [3.8, 4) is 22.6 Å². The molecule has 51 heavy (non-hydrogen) atoms. The van der Waals surface area contributed by atoms with Gasteiger partial charge in [-0.15, -0.1) is 0 Å². The Bertz CT molecular complexity index is 1960. The zero-order valence-electron chi connectivity index (χ0n) is 29.5. The predicted octanol–water partition coefficient (Wildman–Crippen LogP) is 3.33. The monoisotopic (exact) mass is 694 g/mol. The highest BCUT2D eigenvalue weighted by Gasteiger charge is 2.31. The van der Waals surface area contributed by atoms with Gasteiger partial charge in [0.1, 0.15) is 23.1 Å². The minimum atomic E-state index is -0.243. The number of pyridine rings is 1. The van der Waals surface area contributed by atoms with Crippen molar-refractivity contribution in [1.29, 1.82) is 0 Å². The average molecular weight is 695 g/mol. The molecule has 1 atom stereocenters. The van der Waals surface area contributed by atoms with Crippen LogP contribution in [0.25, 0.3) is 22.0 Å². The number of hydrogen-bond donors (Lipinski definition) is 4. The van der Waals surface area contributed by atoms with Crippen molar-refractivity contribution in [3.05, 3.63) is 82.5 Å². The Hall–Kier alpha value is -5.14. The van der Waals surface area contributed by atoms with E-state index >= 15 is 0 Å². The number of allylic oxidation sites excluding steroid dienone is 1. The van der Waals surface area contributed by atoms with Crippen molar-refractivity contribution >= 4 is 28.4 Å². The van der Waals surface area contributed by atoms with Crippen molar-refractivity contribution in [2.24, 2.45) is 7.05 Å². The van der Waals surface area contributed by atoms with E-state index in [1.807, 2.05) is 29.2 Å². The number of benzene rings is 2. The van der Waals surface area contributed by atoms with E-state index in [4.69, 9.17) is 9.47 Å². The van der Waals surface area contributed by atoms with Gasteiger partial charge in [-0.3, -0.25) is 24.4 Å². The Balaban J connectivity index is 0.876. The van der Waals surface area contributed by atoms with Gasteiger partial charge in [-0.1, -0.05) is 18.7 Å². The van der Waals surface area contributed by atoms with Crippen LogP contribution in [0.2, 0.25) is 0 Å². The summed E-state index contributed by atoms with van der Waals surface area (Å²) < 4.78 is 13.2. The minimum absolute atomic E-state index is 0.0305. The lowest BCUT2D eigenvalue weighted by atomic mass is 9.89. The Morgan fingerprint density at radius 1 is 1.04 bits per heavy atom. The van der Waals surface area contributed by atoms with Crippen LogP contribution in [0.1, 0.15) is 42.7 Å². The van der Waals surface area contributed by atoms with Crippen LogP contribution in [0, 0.1) is 0 Å². The summed E-state index contributed by atoms with van der Waals surface area (Å²) in [5, 5.41) is 17.3. The first-order chi connectivity index (χ1) is 24.7. The lowest BCUT2D eigenvalue weighted by Crippen LogP contribution is -2.59. The number of nitrogens with zero attached hydrogens (tertiary/aromatic N) is 4. The molecule has 4 aromatic rings. The summed E-state index contributed by atoms with van der Waals surface area (Å²) in [6, 6.07) is 12.3. The first-order valence-electron chi connectivity index (χ1n) is 17.6. The van der Waals surface area contributed by atoms with Crippen molar-refractivity contribution in [3.63, 3.8) is 0 Å². The SMILES string of the molecule is C=C1CCC(Nc2ccc(C3CCN(C(=O)CNC4CN(Cc5c(OC)cc(-c6cn(C)c(=O)c7[nH]ncc67)cc5OC)C4)CC3)cc2)C(=O)N1. The van der Waals surface area contributed by atoms with Gasteiger partial charge in [-0.25, -0.2) is 0 Å². The number of aryl methyl sites for hydroxylation is 1. The van der Waals surface area contributed by atoms with E-state index in [-0.39, 0.29) is 29.5 Å². The number of nitrogens with one attached hydrogen (secondary N) is 4. The highest BCUT2D eigenvalue weighted by Crippen LogP contribution is 2.38. The van der Waals surface area contributed by atoms with E-state index in [1.165, 1.54) is 5.56 Å². The number of aromatic amines is 1. The number of likely N-dealkylation sites (tertiary alicyclic amines) is 2. The van der Waals surface area contributed by atoms with E-state index in [2.05, 4.69) is 49.8 Å². The Morgan fingerprint density at radius 2 is 1.75 bits per heavy atom. The summed E-state index contributed by atoms with van der Waals surface area (Å²) in [4.78, 5) is 42.2. The zero-order valence-corrected chi connectivity index (χ0v) is 29.5. The number of methoxy groups -OCH3 is 2. The number of piperidine rings is 2. The Labute approximate surface area is 297 Å². The summed E-state index contributed by atoms with van der Waals surface area (Å²) in [5.41, 5.74) is 5.97. The van der Waals surface area contributed by atoms with E-state index in [9.17, 15) is 14.4 Å². The van der Waals surface area contributed by atoms with Gasteiger partial charge in [0.05, 0.1) is 32.5 Å². The number of hydrogen-bond acceptors (Lipinski definition) is 9. The summed E-state index contributed by atoms with van der Waals surface area (Å²) in [6.45, 7) is 7.93. The normalized spacial score (nSPS) is 18.8. The number of carbonyl (C=O) groups excluding carboxylic acids is 2. The zero-order chi connectivity index (χ0) is 35.6. The molecule has 3 aliphatic heterocycles. The van der Waals surface area contributed by atoms with Gasteiger partial charge in [0.25, 0.3) is 5.56 Å². The van der Waals surface area contributed by atoms with Gasteiger partial charge in [0, 0.05) is 74.3 Å². The number of aromatic nitrogens is 3. The van der Waals surface area contributed by atoms with Gasteiger partial charge in [0.15, 0.2) is 0 Å². The van der Waals surface area contributed by atoms with E-state index < -0.39 is 0 Å². The van der Waals surface area contributed by atoms with Crippen LogP contribution in [-0.4, -0.2) is 95.4 Å². The molecule has 4 N–H and O–H groups in total. The molecule has 13 heteroatoms. The van der Waals surface area contributed by atoms with Crippen LogP contribution in [0.3, 0.4) is 0 Å². The van der Waals surface area contributed by atoms with Crippen LogP contribution in [-0.2, 0) is 23.2 Å². The first-order valence-corrected chi connectivity index (χ1v) is 17.6. The molecule has 5 heterocycles. The number of rotatable bonds is 11. The third-order valence-electron chi connectivity index (χ3n) is 10.5. The molecular formula is C38H46N8O5. The smallest absolute Gasteiger partial charge is 0.276 e. The second kappa shape index (κ2) is 14.6. The molecular weight excluding hydrogens is 648 g/mol. The molecule has 3 saturated heterocycles. The molecule has 0 bridgehead atoms. The van der Waals surface area contributed by atoms with Crippen LogP contribution in [0.5, 0.6) is 11.5 Å². The van der Waals surface area contributed by atoms with Crippen LogP contribution < -0.4 is 31.0 Å². The molecule has 3 aliphatic rings. The topological polar surface area (TPSA) is 146 Å². The van der Waals surface area contributed by atoms with Gasteiger partial charge in [0.2, 0.25) is 11.8 Å². The number of carbonyl (C=O) groups is 2. The highest BCUT2D eigenvalue weighted by molar-refractivity contribution is 5.94. The summed E-state index contributed by atoms with van der Waals surface area (Å²) in [5.74, 6) is 1.94. The number of ether oxygens (including phenoxy) is 2. The molecule has 2 aromatic carbocycles. The molecule has 0 aliphatic carbocycles. The molecule has 2 aromatic heterocycles. The number of fused-ring (bicyclic) bond motifs is 1. The molecule has 1 unspecified atom stereocenters. The van der Waals surface area contributed by atoms with E-state index in [0.717, 1.165) is 85.3 Å². The van der Waals surface area contributed by atoms with Crippen molar-refractivity contribution in [2.45, 2.75) is 50.2 Å². The fraction of sp³-hybridized carbons (Fsp3) is 0.421. The largest absolute Gasteiger partial charge is 0.496 e. The third kappa shape index (κ3) is 7.22. The second-order valence-corrected chi connectivity index (χ2v) is 13.9. The van der Waals surface area contributed by atoms with Gasteiger partial charge >= 0.3 is 0 Å². The summed E-state index contributed by atoms with van der Waals surface area (Å²) >= 11 is 0. The lowest BCUT2D eigenvalue weighted by molar-refractivity contribution is -0.131. The maximum Gasteiger partial charge on any atom is 0.276 e. The van der Waals surface area contributed by atoms with Crippen LogP contribution >= 0.6 is 0 Å². The number of H-pyrrole nitrogens is 1. The maximum absolute atomic E-state index is 13.1. The van der Waals surface area contributed by atoms with E-state index in [1.54, 1.807) is 38.2 Å². The minimum Gasteiger partial charge on any atom is -0.496 e. The van der Waals surface area contributed by atoms with Crippen LogP contribution in [0.15, 0.2) is 65.9 Å². The maximum atomic E-state index is 13.1. The molecule has 2 amide bonds. The first kappa shape index (κ1) is 34.3. The standard InChI is InChI=1S/C38H46N8O5/c1-23-5-10-32(37(48)41-23)42-27-8-6-24(7-9-27)25-11-13-46(14-12-25)35(47)18-39-28-19-45(20-28)22-31-33(50-3)15-26(16-34(31)51-4)30-21-44(2)38(49)36-29(30)17-40-43-36/h6-9,15-17,21,25,28,32,39,42H,1,5,10-14,18-20,22H2,2-4H3,(H,40,43)(H,41,48). The third-order valence-corrected chi connectivity index (χ3v) is 10.5. The summed E-state index contributed by atoms with van der Waals surface area (Å²) in [6.07, 6.45) is 6.86. The number of amides is 2. The molecule has 0 spiro atoms. The fourth-order valence-corrected chi connectivity index (χ4v) is 7.50. The summed E-state index contributed by atoms with van der Waals surface area (Å²) in [7, 11) is 5.02. The van der Waals surface area contributed by atoms with Gasteiger partial charge < -0.3 is 34.9 Å². The number of anilines is 1. The average Bonchev–Trinajstić information content (AvgIpc) is 3.62. The predicted molar refractivity (Wildman–Crippen MR) is 196 cm³/mol. The van der Waals surface area contributed by atoms with Crippen molar-refractivity contribution < 1.29 is 19.1 Å². The van der Waals surface area contributed by atoms with Crippen molar-refractivity contribution in [2.75, 3.05) is 52.3 Å². The molecule has 0 saturated carbocycles. The molecule has 13 nitrogen and oxygen atoms in total. The molecule has 268 valence electrons. The van der Waals surface area contributed by atoms with E-state index in [0.29, 0.717) is 36.0 Å². The Morgan fingerprint density at radius 3 is 2.41 bits per heavy atom. The van der Waals surface area contributed by atoms with Gasteiger partial charge in [-0.2, -0.15) is 5.10 Å². The van der Waals surface area contributed by atoms with Crippen molar-refractivity contribution in [1.82, 2.24) is 35.2 Å². The molecule has 0 radical (unpaired) electrons. The lowest BCUT2D eigenvalue weighted by Gasteiger charge is -2.40. The fourth-order valence-electron chi connectivity index (χ4n) is 7.50.